The van der Waals surface area contributed by atoms with Crippen molar-refractivity contribution in [3.63, 3.8) is 0 Å². The fourth-order valence-corrected chi connectivity index (χ4v) is 2.90. The van der Waals surface area contributed by atoms with Gasteiger partial charge in [-0.15, -0.1) is 0 Å². The summed E-state index contributed by atoms with van der Waals surface area (Å²) in [4.78, 5) is 12.1. The molecule has 3 nitrogen and oxygen atoms in total. The Morgan fingerprint density at radius 2 is 1.50 bits per heavy atom. The number of benzene rings is 3. The van der Waals surface area contributed by atoms with Gasteiger partial charge >= 0.3 is 6.03 Å². The minimum absolute atomic E-state index is 0.257. The molecule has 0 aliphatic rings. The summed E-state index contributed by atoms with van der Waals surface area (Å²) in [6.07, 6.45) is 0. The Kier molecular flexibility index (Phi) is 4.96. The van der Waals surface area contributed by atoms with Gasteiger partial charge in [0.1, 0.15) is 0 Å². The van der Waals surface area contributed by atoms with Gasteiger partial charge in [-0.3, -0.25) is 0 Å². The van der Waals surface area contributed by atoms with Crippen LogP contribution in [0.15, 0.2) is 77.3 Å². The molecule has 0 heterocycles. The highest BCUT2D eigenvalue weighted by atomic mass is 79.9. The average molecular weight is 381 g/mol. The molecule has 2 N–H and O–H groups in total. The predicted molar refractivity (Wildman–Crippen MR) is 103 cm³/mol. The molecule has 24 heavy (non-hydrogen) atoms. The van der Waals surface area contributed by atoms with Gasteiger partial charge in [0.05, 0.1) is 0 Å². The summed E-state index contributed by atoms with van der Waals surface area (Å²) >= 11 is 3.41. The molecule has 0 atom stereocenters. The number of nitrogens with one attached hydrogen (secondary N) is 2. The second-order valence-corrected chi connectivity index (χ2v) is 6.40. The van der Waals surface area contributed by atoms with Crippen LogP contribution in [0.2, 0.25) is 0 Å². The SMILES string of the molecule is Cc1cc(Br)ccc1NC(=O)Nc1ccc(-c2ccccc2)cc1. The minimum Gasteiger partial charge on any atom is -0.308 e. The molecule has 0 aromatic heterocycles. The number of carbonyl (C=O) groups excluding carboxylic acids is 1. The van der Waals surface area contributed by atoms with E-state index in [1.54, 1.807) is 0 Å². The number of hydrogen-bond donors (Lipinski definition) is 2. The maximum atomic E-state index is 12.1. The van der Waals surface area contributed by atoms with E-state index in [0.717, 1.165) is 32.5 Å². The van der Waals surface area contributed by atoms with Crippen LogP contribution >= 0.6 is 15.9 Å². The zero-order valence-corrected chi connectivity index (χ0v) is 14.8. The molecule has 3 aromatic rings. The fourth-order valence-electron chi connectivity index (χ4n) is 2.43. The molecular weight excluding hydrogens is 364 g/mol. The highest BCUT2D eigenvalue weighted by Crippen LogP contribution is 2.22. The molecule has 3 aromatic carbocycles. The van der Waals surface area contributed by atoms with Crippen LogP contribution in [0.5, 0.6) is 0 Å². The van der Waals surface area contributed by atoms with Crippen molar-refractivity contribution >= 4 is 33.3 Å². The summed E-state index contributed by atoms with van der Waals surface area (Å²) in [5.41, 5.74) is 4.81. The van der Waals surface area contributed by atoms with Gasteiger partial charge in [-0.2, -0.15) is 0 Å². The van der Waals surface area contributed by atoms with Crippen molar-refractivity contribution in [3.8, 4) is 11.1 Å². The molecule has 0 aliphatic heterocycles. The van der Waals surface area contributed by atoms with Crippen LogP contribution in [0, 0.1) is 6.92 Å². The van der Waals surface area contributed by atoms with Crippen LogP contribution in [0.4, 0.5) is 16.2 Å². The highest BCUT2D eigenvalue weighted by molar-refractivity contribution is 9.10. The summed E-state index contributed by atoms with van der Waals surface area (Å²) in [5.74, 6) is 0. The van der Waals surface area contributed by atoms with Gasteiger partial charge in [-0.05, 0) is 53.9 Å². The van der Waals surface area contributed by atoms with E-state index in [2.05, 4.69) is 38.7 Å². The lowest BCUT2D eigenvalue weighted by atomic mass is 10.1. The maximum Gasteiger partial charge on any atom is 0.323 e. The third-order valence-corrected chi connectivity index (χ3v) is 4.18. The third-order valence-electron chi connectivity index (χ3n) is 3.69. The van der Waals surface area contributed by atoms with E-state index in [0.29, 0.717) is 0 Å². The summed E-state index contributed by atoms with van der Waals surface area (Å²) in [7, 11) is 0. The zero-order valence-electron chi connectivity index (χ0n) is 13.2. The first-order valence-electron chi connectivity index (χ1n) is 7.61. The number of rotatable bonds is 3. The topological polar surface area (TPSA) is 41.1 Å². The monoisotopic (exact) mass is 380 g/mol. The molecule has 0 saturated heterocycles. The van der Waals surface area contributed by atoms with Crippen molar-refractivity contribution in [3.05, 3.63) is 82.8 Å². The smallest absolute Gasteiger partial charge is 0.308 e. The maximum absolute atomic E-state index is 12.1. The van der Waals surface area contributed by atoms with E-state index < -0.39 is 0 Å². The number of carbonyl (C=O) groups is 1. The molecule has 4 heteroatoms. The number of halogens is 1. The lowest BCUT2D eigenvalue weighted by Gasteiger charge is -2.11. The number of anilines is 2. The number of amides is 2. The Hall–Kier alpha value is -2.59. The van der Waals surface area contributed by atoms with E-state index in [9.17, 15) is 4.79 Å². The second kappa shape index (κ2) is 7.32. The zero-order chi connectivity index (χ0) is 16.9. The number of urea groups is 1. The first-order chi connectivity index (χ1) is 11.6. The minimum atomic E-state index is -0.257. The third kappa shape index (κ3) is 4.03. The van der Waals surface area contributed by atoms with Crippen LogP contribution in [0.25, 0.3) is 11.1 Å². The normalized spacial score (nSPS) is 10.2. The fraction of sp³-hybridized carbons (Fsp3) is 0.0500. The molecule has 0 saturated carbocycles. The quantitative estimate of drug-likeness (QED) is 0.568. The lowest BCUT2D eigenvalue weighted by Crippen LogP contribution is -2.19. The number of hydrogen-bond acceptors (Lipinski definition) is 1. The molecule has 0 bridgehead atoms. The van der Waals surface area contributed by atoms with Crippen LogP contribution in [-0.4, -0.2) is 6.03 Å². The summed E-state index contributed by atoms with van der Waals surface area (Å²) in [6, 6.07) is 23.4. The average Bonchev–Trinajstić information content (AvgIpc) is 2.59. The van der Waals surface area contributed by atoms with Gasteiger partial charge in [-0.1, -0.05) is 58.4 Å². The molecular formula is C20H17BrN2O. The van der Waals surface area contributed by atoms with Gasteiger partial charge < -0.3 is 10.6 Å². The van der Waals surface area contributed by atoms with E-state index in [4.69, 9.17) is 0 Å². The van der Waals surface area contributed by atoms with Gasteiger partial charge in [-0.25, -0.2) is 4.79 Å². The van der Waals surface area contributed by atoms with Crippen molar-refractivity contribution in [2.75, 3.05) is 10.6 Å². The molecule has 0 aliphatic carbocycles. The Balaban J connectivity index is 1.66. The molecule has 2 amide bonds. The molecule has 0 radical (unpaired) electrons. The highest BCUT2D eigenvalue weighted by Gasteiger charge is 2.05. The van der Waals surface area contributed by atoms with E-state index >= 15 is 0 Å². The van der Waals surface area contributed by atoms with Crippen LogP contribution in [-0.2, 0) is 0 Å². The summed E-state index contributed by atoms with van der Waals surface area (Å²) in [5, 5.41) is 5.71. The Morgan fingerprint density at radius 1 is 0.833 bits per heavy atom. The van der Waals surface area contributed by atoms with E-state index in [1.165, 1.54) is 0 Å². The molecule has 3 rings (SSSR count). The first kappa shape index (κ1) is 16.3. The number of aryl methyl sites for hydroxylation is 1. The van der Waals surface area contributed by atoms with Gasteiger partial charge in [0.25, 0.3) is 0 Å². The molecule has 0 spiro atoms. The standard InChI is InChI=1S/C20H17BrN2O/c1-14-13-17(21)9-12-19(14)23-20(24)22-18-10-7-16(8-11-18)15-5-3-2-4-6-15/h2-13H,1H3,(H2,22,23,24). The second-order valence-electron chi connectivity index (χ2n) is 5.48. The van der Waals surface area contributed by atoms with Crippen molar-refractivity contribution in [1.29, 1.82) is 0 Å². The predicted octanol–water partition coefficient (Wildman–Crippen LogP) is 6.07. The van der Waals surface area contributed by atoms with Crippen LogP contribution in [0.3, 0.4) is 0 Å². The van der Waals surface area contributed by atoms with Crippen molar-refractivity contribution in [2.24, 2.45) is 0 Å². The lowest BCUT2D eigenvalue weighted by molar-refractivity contribution is 0.262. The largest absolute Gasteiger partial charge is 0.323 e. The molecule has 120 valence electrons. The Labute approximate surface area is 149 Å². The molecule has 0 fully saturated rings. The van der Waals surface area contributed by atoms with Crippen LogP contribution < -0.4 is 10.6 Å². The van der Waals surface area contributed by atoms with Crippen molar-refractivity contribution in [1.82, 2.24) is 0 Å². The van der Waals surface area contributed by atoms with Gasteiger partial charge in [0.15, 0.2) is 0 Å². The van der Waals surface area contributed by atoms with Crippen molar-refractivity contribution < 1.29 is 4.79 Å². The van der Waals surface area contributed by atoms with Gasteiger partial charge in [0.2, 0.25) is 0 Å². The van der Waals surface area contributed by atoms with Gasteiger partial charge in [0, 0.05) is 15.8 Å². The van der Waals surface area contributed by atoms with Crippen LogP contribution in [0.1, 0.15) is 5.56 Å². The first-order valence-corrected chi connectivity index (χ1v) is 8.41. The van der Waals surface area contributed by atoms with E-state index in [-0.39, 0.29) is 6.03 Å². The Bertz CT molecular complexity index is 845. The molecule has 0 unspecified atom stereocenters. The summed E-state index contributed by atoms with van der Waals surface area (Å²) in [6.45, 7) is 1.95. The Morgan fingerprint density at radius 3 is 2.17 bits per heavy atom. The summed E-state index contributed by atoms with van der Waals surface area (Å²) < 4.78 is 0.988. The van der Waals surface area contributed by atoms with Crippen molar-refractivity contribution in [2.45, 2.75) is 6.92 Å². The van der Waals surface area contributed by atoms with E-state index in [1.807, 2.05) is 67.6 Å².